The lowest BCUT2D eigenvalue weighted by molar-refractivity contribution is 0.136. The van der Waals surface area contributed by atoms with Gasteiger partial charge in [0.1, 0.15) is 11.5 Å². The second-order valence-electron chi connectivity index (χ2n) is 7.13. The fourth-order valence-corrected chi connectivity index (χ4v) is 6.41. The monoisotopic (exact) mass is 432 g/mol. The van der Waals surface area contributed by atoms with E-state index in [4.69, 9.17) is 4.74 Å². The Morgan fingerprint density at radius 2 is 1.97 bits per heavy atom. The number of hydrogen-bond donors (Lipinski definition) is 1. The minimum absolute atomic E-state index is 0.0879. The molecule has 1 saturated heterocycles. The first kappa shape index (κ1) is 18.6. The van der Waals surface area contributed by atoms with Gasteiger partial charge in [-0.2, -0.15) is 4.31 Å². The highest BCUT2D eigenvalue weighted by molar-refractivity contribution is 7.96. The van der Waals surface area contributed by atoms with Crippen LogP contribution in [0.1, 0.15) is 18.4 Å². The smallest absolute Gasteiger partial charge is 0.414 e. The number of piperidine rings is 1. The molecule has 0 saturated carbocycles. The van der Waals surface area contributed by atoms with Crippen molar-refractivity contribution in [1.29, 1.82) is 0 Å². The van der Waals surface area contributed by atoms with Crippen LogP contribution in [0.15, 0.2) is 59.4 Å². The molecule has 8 nitrogen and oxygen atoms in total. The summed E-state index contributed by atoms with van der Waals surface area (Å²) in [7, 11) is -3.62. The van der Waals surface area contributed by atoms with Crippen LogP contribution >= 0.6 is 12.1 Å². The SMILES string of the molecule is O=C1OCc2ccccc2N1C1CCN(S(=O)(=O)C2=CC=CN3SNC=C23)CC1. The predicted molar refractivity (Wildman–Crippen MR) is 110 cm³/mol. The molecule has 0 unspecified atom stereocenters. The van der Waals surface area contributed by atoms with E-state index in [1.165, 1.54) is 16.4 Å². The molecule has 0 aromatic heterocycles. The van der Waals surface area contributed by atoms with E-state index in [-0.39, 0.29) is 18.7 Å². The molecule has 5 rings (SSSR count). The molecule has 1 aromatic rings. The number of nitrogens with one attached hydrogen (secondary N) is 1. The maximum absolute atomic E-state index is 13.2. The van der Waals surface area contributed by atoms with Crippen LogP contribution in [-0.4, -0.2) is 42.3 Å². The summed E-state index contributed by atoms with van der Waals surface area (Å²) in [6, 6.07) is 7.61. The van der Waals surface area contributed by atoms with E-state index in [0.29, 0.717) is 36.5 Å². The second-order valence-corrected chi connectivity index (χ2v) is 9.84. The predicted octanol–water partition coefficient (Wildman–Crippen LogP) is 2.66. The number of sulfonamides is 1. The lowest BCUT2D eigenvalue weighted by Crippen LogP contribution is -2.50. The van der Waals surface area contributed by atoms with Gasteiger partial charge < -0.3 is 9.46 Å². The lowest BCUT2D eigenvalue weighted by atomic mass is 10.0. The van der Waals surface area contributed by atoms with E-state index in [0.717, 1.165) is 11.3 Å². The van der Waals surface area contributed by atoms with Gasteiger partial charge >= 0.3 is 6.09 Å². The molecule has 0 atom stereocenters. The van der Waals surface area contributed by atoms with Gasteiger partial charge in [0.15, 0.2) is 0 Å². The van der Waals surface area contributed by atoms with Crippen molar-refractivity contribution in [3.05, 3.63) is 65.0 Å². The number of ether oxygens (including phenoxy) is 1. The molecule has 0 spiro atoms. The Morgan fingerprint density at radius 1 is 1.17 bits per heavy atom. The minimum atomic E-state index is -3.62. The van der Waals surface area contributed by atoms with Gasteiger partial charge in [0.2, 0.25) is 10.0 Å². The van der Waals surface area contributed by atoms with E-state index >= 15 is 0 Å². The number of carbonyl (C=O) groups is 1. The zero-order chi connectivity index (χ0) is 20.0. The van der Waals surface area contributed by atoms with Crippen molar-refractivity contribution in [3.63, 3.8) is 0 Å². The Hall–Kier alpha value is -2.43. The van der Waals surface area contributed by atoms with Gasteiger partial charge in [0.05, 0.1) is 23.5 Å². The first-order valence-electron chi connectivity index (χ1n) is 9.40. The fourth-order valence-electron chi connectivity index (χ4n) is 4.06. The van der Waals surface area contributed by atoms with Crippen LogP contribution in [0.3, 0.4) is 0 Å². The standard InChI is InChI=1S/C19H20N4O4S2/c24-19-23(16-5-2-1-4-14(16)13-27-19)15-7-10-21(11-8-15)29(25,26)18-6-3-9-22-17(18)12-20-28-22/h1-6,9,12,15,20H,7-8,10-11,13H2. The number of carbonyl (C=O) groups excluding carboxylic acids is 1. The first-order chi connectivity index (χ1) is 14.1. The molecule has 1 amide bonds. The maximum atomic E-state index is 13.2. The van der Waals surface area contributed by atoms with E-state index in [1.54, 1.807) is 27.6 Å². The number of hydrogen-bond acceptors (Lipinski definition) is 7. The largest absolute Gasteiger partial charge is 0.444 e. The Kier molecular flexibility index (Phi) is 4.56. The summed E-state index contributed by atoms with van der Waals surface area (Å²) in [5, 5.41) is 0. The maximum Gasteiger partial charge on any atom is 0.414 e. The molecular formula is C19H20N4O4S2. The van der Waals surface area contributed by atoms with Crippen molar-refractivity contribution in [1.82, 2.24) is 13.3 Å². The summed E-state index contributed by atoms with van der Waals surface area (Å²) in [6.45, 7) is 0.986. The molecule has 1 fully saturated rings. The van der Waals surface area contributed by atoms with Crippen molar-refractivity contribution < 1.29 is 17.9 Å². The molecule has 152 valence electrons. The van der Waals surface area contributed by atoms with Crippen molar-refractivity contribution in [2.45, 2.75) is 25.5 Å². The minimum Gasteiger partial charge on any atom is -0.444 e. The van der Waals surface area contributed by atoms with Gasteiger partial charge in [-0.25, -0.2) is 13.2 Å². The molecule has 4 aliphatic rings. The van der Waals surface area contributed by atoms with Gasteiger partial charge in [-0.15, -0.1) is 0 Å². The van der Waals surface area contributed by atoms with Crippen molar-refractivity contribution in [2.75, 3.05) is 18.0 Å². The molecular weight excluding hydrogens is 412 g/mol. The average Bonchev–Trinajstić information content (AvgIpc) is 3.22. The van der Waals surface area contributed by atoms with Crippen molar-refractivity contribution in [2.24, 2.45) is 0 Å². The summed E-state index contributed by atoms with van der Waals surface area (Å²) in [6.07, 6.45) is 7.64. The highest BCUT2D eigenvalue weighted by Crippen LogP contribution is 2.36. The zero-order valence-electron chi connectivity index (χ0n) is 15.5. The van der Waals surface area contributed by atoms with E-state index in [9.17, 15) is 13.2 Å². The highest BCUT2D eigenvalue weighted by atomic mass is 32.2. The van der Waals surface area contributed by atoms with Crippen LogP contribution in [0.2, 0.25) is 0 Å². The Labute approximate surface area is 173 Å². The Bertz CT molecular complexity index is 1040. The third-order valence-electron chi connectivity index (χ3n) is 5.51. The number of nitrogens with zero attached hydrogens (tertiary/aromatic N) is 3. The van der Waals surface area contributed by atoms with Crippen LogP contribution in [0.5, 0.6) is 0 Å². The third kappa shape index (κ3) is 3.11. The number of cyclic esters (lactones) is 1. The van der Waals surface area contributed by atoms with E-state index < -0.39 is 10.0 Å². The molecule has 4 aliphatic heterocycles. The summed E-state index contributed by atoms with van der Waals surface area (Å²) < 4.78 is 38.1. The topological polar surface area (TPSA) is 82.2 Å². The van der Waals surface area contributed by atoms with Crippen LogP contribution in [0.25, 0.3) is 0 Å². The highest BCUT2D eigenvalue weighted by Gasteiger charge is 2.39. The van der Waals surface area contributed by atoms with Crippen molar-refractivity contribution >= 4 is 33.9 Å². The van der Waals surface area contributed by atoms with Gasteiger partial charge in [-0.3, -0.25) is 9.21 Å². The van der Waals surface area contributed by atoms with Crippen LogP contribution < -0.4 is 9.62 Å². The number of rotatable bonds is 3. The van der Waals surface area contributed by atoms with Crippen LogP contribution in [-0.2, 0) is 21.4 Å². The third-order valence-corrected chi connectivity index (χ3v) is 8.20. The van der Waals surface area contributed by atoms with Gasteiger partial charge in [-0.05, 0) is 31.1 Å². The average molecular weight is 433 g/mol. The zero-order valence-corrected chi connectivity index (χ0v) is 17.2. The van der Waals surface area contributed by atoms with Crippen LogP contribution in [0.4, 0.5) is 10.5 Å². The molecule has 10 heteroatoms. The second kappa shape index (κ2) is 7.12. The van der Waals surface area contributed by atoms with E-state index in [2.05, 4.69) is 4.72 Å². The number of para-hydroxylation sites is 1. The van der Waals surface area contributed by atoms with Gasteiger partial charge in [0, 0.05) is 37.1 Å². The molecule has 29 heavy (non-hydrogen) atoms. The Morgan fingerprint density at radius 3 is 2.79 bits per heavy atom. The summed E-state index contributed by atoms with van der Waals surface area (Å²) >= 11 is 1.33. The van der Waals surface area contributed by atoms with Crippen LogP contribution in [0, 0.1) is 0 Å². The van der Waals surface area contributed by atoms with Gasteiger partial charge in [0.25, 0.3) is 0 Å². The fraction of sp³-hybridized carbons (Fsp3) is 0.316. The molecule has 4 heterocycles. The summed E-state index contributed by atoms with van der Waals surface area (Å²) in [5.74, 6) is 0. The number of allylic oxidation sites excluding steroid dienone is 2. The summed E-state index contributed by atoms with van der Waals surface area (Å²) in [4.78, 5) is 14.4. The number of fused-ring (bicyclic) bond motifs is 2. The van der Waals surface area contributed by atoms with Gasteiger partial charge in [-0.1, -0.05) is 18.2 Å². The normalized spacial score (nSPS) is 22.4. The molecule has 0 bridgehead atoms. The lowest BCUT2D eigenvalue weighted by Gasteiger charge is -2.40. The quantitative estimate of drug-likeness (QED) is 0.736. The number of amides is 1. The first-order valence-corrected chi connectivity index (χ1v) is 11.6. The number of anilines is 1. The molecule has 0 aliphatic carbocycles. The molecule has 1 N–H and O–H groups in total. The molecule has 0 radical (unpaired) electrons. The van der Waals surface area contributed by atoms with E-state index in [1.807, 2.05) is 30.5 Å². The Balaban J connectivity index is 1.34. The summed E-state index contributed by atoms with van der Waals surface area (Å²) in [5.41, 5.74) is 2.47. The van der Waals surface area contributed by atoms with Crippen molar-refractivity contribution in [3.8, 4) is 0 Å². The molecule has 1 aromatic carbocycles. The number of benzene rings is 1.